The Morgan fingerprint density at radius 2 is 2.06 bits per heavy atom. The van der Waals surface area contributed by atoms with Gasteiger partial charge in [-0.05, 0) is 25.6 Å². The molecule has 0 amide bonds. The molecule has 2 heterocycles. The Morgan fingerprint density at radius 3 is 2.88 bits per heavy atom. The number of pyridine rings is 1. The Labute approximate surface area is 95.1 Å². The minimum atomic E-state index is 0.437. The molecule has 0 fully saturated rings. The normalized spacial score (nSPS) is 12.9. The highest BCUT2D eigenvalue weighted by atomic mass is 14.9. The van der Waals surface area contributed by atoms with Gasteiger partial charge in [0.25, 0.3) is 0 Å². The van der Waals surface area contributed by atoms with Crippen LogP contribution < -0.4 is 5.32 Å². The lowest BCUT2D eigenvalue weighted by atomic mass is 10.1. The zero-order valence-corrected chi connectivity index (χ0v) is 9.64. The highest BCUT2D eigenvalue weighted by Crippen LogP contribution is 2.07. The molecule has 0 spiro atoms. The van der Waals surface area contributed by atoms with Crippen LogP contribution in [0.1, 0.15) is 19.5 Å². The van der Waals surface area contributed by atoms with E-state index in [0.717, 1.165) is 29.8 Å². The molecule has 0 aliphatic carbocycles. The van der Waals surface area contributed by atoms with Crippen LogP contribution in [-0.2, 0) is 6.42 Å². The molecule has 0 saturated carbocycles. The van der Waals surface area contributed by atoms with Crippen molar-refractivity contribution in [2.75, 3.05) is 6.54 Å². The molecule has 0 bridgehead atoms. The zero-order chi connectivity index (χ0) is 11.4. The predicted octanol–water partition coefficient (Wildman–Crippen LogP) is 1.57. The zero-order valence-electron chi connectivity index (χ0n) is 9.64. The average molecular weight is 216 g/mol. The third kappa shape index (κ3) is 2.52. The molecule has 2 aromatic heterocycles. The van der Waals surface area contributed by atoms with Crippen molar-refractivity contribution < 1.29 is 0 Å². The summed E-state index contributed by atoms with van der Waals surface area (Å²) in [6, 6.07) is 4.43. The van der Waals surface area contributed by atoms with E-state index < -0.39 is 0 Å². The van der Waals surface area contributed by atoms with E-state index in [1.54, 1.807) is 12.4 Å². The Balaban J connectivity index is 2.19. The van der Waals surface area contributed by atoms with E-state index in [1.807, 2.05) is 12.1 Å². The number of aromatic nitrogens is 3. The second-order valence-corrected chi connectivity index (χ2v) is 3.86. The lowest BCUT2D eigenvalue weighted by Crippen LogP contribution is -2.27. The summed E-state index contributed by atoms with van der Waals surface area (Å²) in [5.74, 6) is 0. The maximum absolute atomic E-state index is 4.48. The molecule has 4 heteroatoms. The van der Waals surface area contributed by atoms with Crippen molar-refractivity contribution in [3.05, 3.63) is 30.2 Å². The van der Waals surface area contributed by atoms with Crippen molar-refractivity contribution in [2.45, 2.75) is 26.3 Å². The molecule has 1 unspecified atom stereocenters. The Hall–Kier alpha value is -1.55. The van der Waals surface area contributed by atoms with Crippen LogP contribution in [0.5, 0.6) is 0 Å². The van der Waals surface area contributed by atoms with Crippen LogP contribution in [0.3, 0.4) is 0 Å². The first kappa shape index (κ1) is 11.0. The molecule has 2 rings (SSSR count). The maximum atomic E-state index is 4.48. The van der Waals surface area contributed by atoms with Gasteiger partial charge in [-0.25, -0.2) is 9.97 Å². The van der Waals surface area contributed by atoms with Crippen molar-refractivity contribution in [3.63, 3.8) is 0 Å². The molecule has 84 valence electrons. The molecular weight excluding hydrogens is 200 g/mol. The minimum Gasteiger partial charge on any atom is -0.314 e. The van der Waals surface area contributed by atoms with Gasteiger partial charge in [-0.2, -0.15) is 0 Å². The number of nitrogens with zero attached hydrogens (tertiary/aromatic N) is 3. The SMILES string of the molecule is CCNC(C)Cc1ccc2nccnc2n1. The van der Waals surface area contributed by atoms with E-state index in [2.05, 4.69) is 34.1 Å². The Morgan fingerprint density at radius 1 is 1.25 bits per heavy atom. The standard InChI is InChI=1S/C12H16N4/c1-3-13-9(2)8-10-4-5-11-12(16-10)15-7-6-14-11/h4-7,9,13H,3,8H2,1-2H3. The number of nitrogens with one attached hydrogen (secondary N) is 1. The van der Waals surface area contributed by atoms with Gasteiger partial charge in [0.15, 0.2) is 5.65 Å². The van der Waals surface area contributed by atoms with Crippen molar-refractivity contribution in [1.82, 2.24) is 20.3 Å². The van der Waals surface area contributed by atoms with E-state index in [4.69, 9.17) is 0 Å². The first-order valence-corrected chi connectivity index (χ1v) is 5.59. The van der Waals surface area contributed by atoms with E-state index >= 15 is 0 Å². The highest BCUT2D eigenvalue weighted by Gasteiger charge is 2.04. The van der Waals surface area contributed by atoms with Gasteiger partial charge in [0.05, 0.1) is 0 Å². The van der Waals surface area contributed by atoms with Gasteiger partial charge in [0, 0.05) is 30.6 Å². The van der Waals surface area contributed by atoms with Crippen LogP contribution in [0.15, 0.2) is 24.5 Å². The molecule has 4 nitrogen and oxygen atoms in total. The van der Waals surface area contributed by atoms with Gasteiger partial charge in [-0.3, -0.25) is 4.98 Å². The average Bonchev–Trinajstić information content (AvgIpc) is 2.29. The Kier molecular flexibility index (Phi) is 3.41. The largest absolute Gasteiger partial charge is 0.314 e. The highest BCUT2D eigenvalue weighted by molar-refractivity contribution is 5.68. The quantitative estimate of drug-likeness (QED) is 0.842. The number of hydrogen-bond donors (Lipinski definition) is 1. The van der Waals surface area contributed by atoms with Crippen LogP contribution in [0, 0.1) is 0 Å². The Bertz CT molecular complexity index is 469. The summed E-state index contributed by atoms with van der Waals surface area (Å²) in [6.45, 7) is 5.25. The molecule has 0 aliphatic heterocycles. The van der Waals surface area contributed by atoms with Crippen LogP contribution >= 0.6 is 0 Å². The van der Waals surface area contributed by atoms with E-state index in [0.29, 0.717) is 6.04 Å². The molecule has 0 aromatic carbocycles. The first-order chi connectivity index (χ1) is 7.79. The van der Waals surface area contributed by atoms with Crippen molar-refractivity contribution in [3.8, 4) is 0 Å². The molecule has 1 atom stereocenters. The summed E-state index contributed by atoms with van der Waals surface area (Å²) in [7, 11) is 0. The van der Waals surface area contributed by atoms with Gasteiger partial charge in [0.2, 0.25) is 0 Å². The molecular formula is C12H16N4. The number of hydrogen-bond acceptors (Lipinski definition) is 4. The van der Waals surface area contributed by atoms with E-state index in [9.17, 15) is 0 Å². The van der Waals surface area contributed by atoms with Crippen LogP contribution in [0.2, 0.25) is 0 Å². The third-order valence-electron chi connectivity index (χ3n) is 2.46. The summed E-state index contributed by atoms with van der Waals surface area (Å²) in [5, 5.41) is 3.37. The number of fused-ring (bicyclic) bond motifs is 1. The van der Waals surface area contributed by atoms with Crippen LogP contribution in [-0.4, -0.2) is 27.5 Å². The fourth-order valence-corrected chi connectivity index (χ4v) is 1.74. The smallest absolute Gasteiger partial charge is 0.178 e. The van der Waals surface area contributed by atoms with Crippen LogP contribution in [0.4, 0.5) is 0 Å². The summed E-state index contributed by atoms with van der Waals surface area (Å²) in [4.78, 5) is 12.9. The first-order valence-electron chi connectivity index (χ1n) is 5.59. The molecule has 2 aromatic rings. The summed E-state index contributed by atoms with van der Waals surface area (Å²) in [6.07, 6.45) is 4.28. The molecule has 0 saturated heterocycles. The molecule has 0 radical (unpaired) electrons. The summed E-state index contributed by atoms with van der Waals surface area (Å²) >= 11 is 0. The number of rotatable bonds is 4. The lowest BCUT2D eigenvalue weighted by molar-refractivity contribution is 0.560. The molecule has 0 aliphatic rings. The van der Waals surface area contributed by atoms with Crippen molar-refractivity contribution >= 4 is 11.2 Å². The fraction of sp³-hybridized carbons (Fsp3) is 0.417. The summed E-state index contributed by atoms with van der Waals surface area (Å²) < 4.78 is 0. The van der Waals surface area contributed by atoms with Crippen molar-refractivity contribution in [2.24, 2.45) is 0 Å². The molecule has 1 N–H and O–H groups in total. The minimum absolute atomic E-state index is 0.437. The lowest BCUT2D eigenvalue weighted by Gasteiger charge is -2.11. The molecule has 16 heavy (non-hydrogen) atoms. The van der Waals surface area contributed by atoms with E-state index in [1.165, 1.54) is 0 Å². The monoisotopic (exact) mass is 216 g/mol. The van der Waals surface area contributed by atoms with Crippen LogP contribution in [0.25, 0.3) is 11.2 Å². The van der Waals surface area contributed by atoms with E-state index in [-0.39, 0.29) is 0 Å². The fourth-order valence-electron chi connectivity index (χ4n) is 1.74. The van der Waals surface area contributed by atoms with Gasteiger partial charge in [-0.1, -0.05) is 6.92 Å². The van der Waals surface area contributed by atoms with Gasteiger partial charge >= 0.3 is 0 Å². The van der Waals surface area contributed by atoms with Gasteiger partial charge < -0.3 is 5.32 Å². The van der Waals surface area contributed by atoms with Crippen molar-refractivity contribution in [1.29, 1.82) is 0 Å². The summed E-state index contributed by atoms with van der Waals surface area (Å²) in [5.41, 5.74) is 2.63. The topological polar surface area (TPSA) is 50.7 Å². The second kappa shape index (κ2) is 4.99. The number of likely N-dealkylation sites (N-methyl/N-ethyl adjacent to an activating group) is 1. The van der Waals surface area contributed by atoms with Gasteiger partial charge in [0.1, 0.15) is 5.52 Å². The maximum Gasteiger partial charge on any atom is 0.178 e. The predicted molar refractivity (Wildman–Crippen MR) is 64.2 cm³/mol. The van der Waals surface area contributed by atoms with Gasteiger partial charge in [-0.15, -0.1) is 0 Å². The second-order valence-electron chi connectivity index (χ2n) is 3.86. The third-order valence-corrected chi connectivity index (χ3v) is 2.46.